The van der Waals surface area contributed by atoms with Crippen molar-refractivity contribution in [3.63, 3.8) is 0 Å². The Balaban J connectivity index is 1.89. The maximum Gasteiger partial charge on any atom is 0.267 e. The van der Waals surface area contributed by atoms with E-state index in [2.05, 4.69) is 10.3 Å². The Morgan fingerprint density at radius 3 is 3.00 bits per heavy atom. The van der Waals surface area contributed by atoms with Crippen molar-refractivity contribution in [2.45, 2.75) is 12.8 Å². The molecule has 17 heavy (non-hydrogen) atoms. The van der Waals surface area contributed by atoms with Crippen LogP contribution in [-0.2, 0) is 4.74 Å². The number of carbonyl (C=O) groups excluding carboxylic acids is 1. The van der Waals surface area contributed by atoms with Crippen LogP contribution in [0.3, 0.4) is 0 Å². The SMILES string of the molecule is NC(=O)c1cc(NCC2CCOCC2)ccn1. The smallest absolute Gasteiger partial charge is 0.267 e. The van der Waals surface area contributed by atoms with E-state index >= 15 is 0 Å². The minimum absolute atomic E-state index is 0.293. The molecule has 1 aromatic rings. The number of ether oxygens (including phenoxy) is 1. The Labute approximate surface area is 100 Å². The fraction of sp³-hybridized carbons (Fsp3) is 0.500. The van der Waals surface area contributed by atoms with Gasteiger partial charge in [-0.3, -0.25) is 9.78 Å². The van der Waals surface area contributed by atoms with Crippen LogP contribution in [0.1, 0.15) is 23.3 Å². The van der Waals surface area contributed by atoms with Gasteiger partial charge in [0.1, 0.15) is 5.69 Å². The zero-order valence-corrected chi connectivity index (χ0v) is 9.69. The maximum atomic E-state index is 11.0. The third kappa shape index (κ3) is 3.42. The lowest BCUT2D eigenvalue weighted by atomic mass is 10.0. The molecule has 1 saturated heterocycles. The van der Waals surface area contributed by atoms with Crippen molar-refractivity contribution in [1.82, 2.24) is 4.98 Å². The monoisotopic (exact) mass is 235 g/mol. The molecule has 0 atom stereocenters. The Morgan fingerprint density at radius 2 is 2.29 bits per heavy atom. The number of amides is 1. The number of rotatable bonds is 4. The number of anilines is 1. The van der Waals surface area contributed by atoms with E-state index in [4.69, 9.17) is 10.5 Å². The highest BCUT2D eigenvalue weighted by Crippen LogP contribution is 2.16. The van der Waals surface area contributed by atoms with E-state index < -0.39 is 5.91 Å². The molecular weight excluding hydrogens is 218 g/mol. The lowest BCUT2D eigenvalue weighted by Crippen LogP contribution is -2.22. The van der Waals surface area contributed by atoms with Crippen LogP contribution in [0.5, 0.6) is 0 Å². The van der Waals surface area contributed by atoms with Crippen molar-refractivity contribution in [3.8, 4) is 0 Å². The van der Waals surface area contributed by atoms with Gasteiger partial charge in [-0.2, -0.15) is 0 Å². The van der Waals surface area contributed by atoms with Crippen molar-refractivity contribution in [2.75, 3.05) is 25.1 Å². The van der Waals surface area contributed by atoms with Crippen molar-refractivity contribution in [1.29, 1.82) is 0 Å². The van der Waals surface area contributed by atoms with Crippen LogP contribution in [0.15, 0.2) is 18.3 Å². The molecule has 5 nitrogen and oxygen atoms in total. The highest BCUT2D eigenvalue weighted by Gasteiger charge is 2.13. The molecule has 0 radical (unpaired) electrons. The summed E-state index contributed by atoms with van der Waals surface area (Å²) in [6.45, 7) is 2.58. The van der Waals surface area contributed by atoms with Gasteiger partial charge in [-0.1, -0.05) is 0 Å². The molecular formula is C12H17N3O2. The molecule has 92 valence electrons. The van der Waals surface area contributed by atoms with Gasteiger partial charge in [-0.15, -0.1) is 0 Å². The lowest BCUT2D eigenvalue weighted by Gasteiger charge is -2.22. The van der Waals surface area contributed by atoms with E-state index in [-0.39, 0.29) is 0 Å². The predicted molar refractivity (Wildman–Crippen MR) is 64.8 cm³/mol. The largest absolute Gasteiger partial charge is 0.385 e. The number of hydrogen-bond donors (Lipinski definition) is 2. The van der Waals surface area contributed by atoms with Crippen LogP contribution in [-0.4, -0.2) is 30.6 Å². The van der Waals surface area contributed by atoms with Gasteiger partial charge in [0.05, 0.1) is 0 Å². The average Bonchev–Trinajstić information content (AvgIpc) is 2.38. The standard InChI is InChI=1S/C12H17N3O2/c13-12(16)11-7-10(1-4-14-11)15-8-9-2-5-17-6-3-9/h1,4,7,9H,2-3,5-6,8H2,(H2,13,16)(H,14,15). The van der Waals surface area contributed by atoms with Gasteiger partial charge in [-0.05, 0) is 30.9 Å². The molecule has 1 aromatic heterocycles. The minimum atomic E-state index is -0.500. The molecule has 1 aliphatic rings. The highest BCUT2D eigenvalue weighted by molar-refractivity contribution is 5.91. The second-order valence-electron chi connectivity index (χ2n) is 4.23. The summed E-state index contributed by atoms with van der Waals surface area (Å²) in [7, 11) is 0. The molecule has 1 aliphatic heterocycles. The van der Waals surface area contributed by atoms with E-state index in [1.807, 2.05) is 6.07 Å². The molecule has 3 N–H and O–H groups in total. The first-order chi connectivity index (χ1) is 8.25. The topological polar surface area (TPSA) is 77.2 Å². The Morgan fingerprint density at radius 1 is 1.53 bits per heavy atom. The van der Waals surface area contributed by atoms with Gasteiger partial charge in [0.2, 0.25) is 0 Å². The molecule has 2 rings (SSSR count). The first kappa shape index (κ1) is 11.9. The number of primary amides is 1. The van der Waals surface area contributed by atoms with Crippen molar-refractivity contribution in [2.24, 2.45) is 11.7 Å². The summed E-state index contributed by atoms with van der Waals surface area (Å²) < 4.78 is 5.30. The van der Waals surface area contributed by atoms with Crippen LogP contribution in [0.2, 0.25) is 0 Å². The number of nitrogens with two attached hydrogens (primary N) is 1. The quantitative estimate of drug-likeness (QED) is 0.816. The molecule has 2 heterocycles. The van der Waals surface area contributed by atoms with Gasteiger partial charge in [0.15, 0.2) is 0 Å². The molecule has 0 spiro atoms. The summed E-state index contributed by atoms with van der Waals surface area (Å²) in [6, 6.07) is 3.52. The second-order valence-corrected chi connectivity index (χ2v) is 4.23. The summed E-state index contributed by atoms with van der Waals surface area (Å²) in [5.41, 5.74) is 6.36. The molecule has 0 saturated carbocycles. The van der Waals surface area contributed by atoms with E-state index in [1.165, 1.54) is 0 Å². The fourth-order valence-corrected chi connectivity index (χ4v) is 1.89. The van der Waals surface area contributed by atoms with Crippen LogP contribution in [0.4, 0.5) is 5.69 Å². The average molecular weight is 235 g/mol. The van der Waals surface area contributed by atoms with Crippen molar-refractivity contribution in [3.05, 3.63) is 24.0 Å². The van der Waals surface area contributed by atoms with Crippen LogP contribution < -0.4 is 11.1 Å². The zero-order chi connectivity index (χ0) is 12.1. The Hall–Kier alpha value is -1.62. The lowest BCUT2D eigenvalue weighted by molar-refractivity contribution is 0.0699. The number of nitrogens with one attached hydrogen (secondary N) is 1. The molecule has 0 aromatic carbocycles. The van der Waals surface area contributed by atoms with Crippen molar-refractivity contribution >= 4 is 11.6 Å². The van der Waals surface area contributed by atoms with Gasteiger partial charge < -0.3 is 15.8 Å². The van der Waals surface area contributed by atoms with E-state index in [1.54, 1.807) is 12.3 Å². The second kappa shape index (κ2) is 5.63. The first-order valence-electron chi connectivity index (χ1n) is 5.83. The van der Waals surface area contributed by atoms with Crippen LogP contribution in [0.25, 0.3) is 0 Å². The number of aromatic nitrogens is 1. The first-order valence-corrected chi connectivity index (χ1v) is 5.83. The Bertz CT molecular complexity index is 389. The summed E-state index contributed by atoms with van der Waals surface area (Å²) in [5.74, 6) is 0.133. The van der Waals surface area contributed by atoms with Gasteiger partial charge >= 0.3 is 0 Å². The predicted octanol–water partition coefficient (Wildman–Crippen LogP) is 1.02. The number of nitrogens with zero attached hydrogens (tertiary/aromatic N) is 1. The molecule has 0 unspecified atom stereocenters. The number of carbonyl (C=O) groups is 1. The summed E-state index contributed by atoms with van der Waals surface area (Å²) in [5, 5.41) is 3.31. The fourth-order valence-electron chi connectivity index (χ4n) is 1.89. The number of pyridine rings is 1. The van der Waals surface area contributed by atoms with Crippen LogP contribution in [0, 0.1) is 5.92 Å². The van der Waals surface area contributed by atoms with E-state index in [0.29, 0.717) is 11.6 Å². The molecule has 1 fully saturated rings. The Kier molecular flexibility index (Phi) is 3.93. The summed E-state index contributed by atoms with van der Waals surface area (Å²) in [6.07, 6.45) is 3.76. The van der Waals surface area contributed by atoms with Gasteiger partial charge in [0, 0.05) is 31.6 Å². The normalized spacial score (nSPS) is 16.7. The molecule has 0 bridgehead atoms. The maximum absolute atomic E-state index is 11.0. The van der Waals surface area contributed by atoms with E-state index in [9.17, 15) is 4.79 Å². The third-order valence-electron chi connectivity index (χ3n) is 2.95. The molecule has 5 heteroatoms. The summed E-state index contributed by atoms with van der Waals surface area (Å²) >= 11 is 0. The van der Waals surface area contributed by atoms with Crippen LogP contribution >= 0.6 is 0 Å². The third-order valence-corrected chi connectivity index (χ3v) is 2.95. The number of hydrogen-bond acceptors (Lipinski definition) is 4. The molecule has 0 aliphatic carbocycles. The highest BCUT2D eigenvalue weighted by atomic mass is 16.5. The summed E-state index contributed by atoms with van der Waals surface area (Å²) in [4.78, 5) is 14.9. The van der Waals surface area contributed by atoms with Crippen molar-refractivity contribution < 1.29 is 9.53 Å². The zero-order valence-electron chi connectivity index (χ0n) is 9.69. The molecule has 1 amide bonds. The van der Waals surface area contributed by atoms with E-state index in [0.717, 1.165) is 38.3 Å². The van der Waals surface area contributed by atoms with Gasteiger partial charge in [0.25, 0.3) is 5.91 Å². The minimum Gasteiger partial charge on any atom is -0.385 e. The van der Waals surface area contributed by atoms with Gasteiger partial charge in [-0.25, -0.2) is 0 Å².